The van der Waals surface area contributed by atoms with Crippen molar-refractivity contribution in [3.05, 3.63) is 50.9 Å². The highest BCUT2D eigenvalue weighted by atomic mass is 79.9. The number of rotatable bonds is 4. The van der Waals surface area contributed by atoms with Crippen molar-refractivity contribution in [1.29, 1.82) is 0 Å². The van der Waals surface area contributed by atoms with Gasteiger partial charge in [0.1, 0.15) is 5.01 Å². The third-order valence-corrected chi connectivity index (χ3v) is 4.04. The van der Waals surface area contributed by atoms with Gasteiger partial charge in [-0.3, -0.25) is 0 Å². The third-order valence-electron chi connectivity index (χ3n) is 2.73. The monoisotopic (exact) mass is 310 g/mol. The number of hydrogen-bond donors (Lipinski definition) is 1. The molecule has 0 atom stereocenters. The van der Waals surface area contributed by atoms with Crippen LogP contribution in [0.2, 0.25) is 0 Å². The number of halogens is 1. The van der Waals surface area contributed by atoms with E-state index < -0.39 is 0 Å². The van der Waals surface area contributed by atoms with Gasteiger partial charge in [0.25, 0.3) is 0 Å². The summed E-state index contributed by atoms with van der Waals surface area (Å²) in [6.45, 7) is 5.18. The molecule has 1 N–H and O–H groups in total. The molecule has 0 spiro atoms. The second-order valence-corrected chi connectivity index (χ2v) is 6.31. The largest absolute Gasteiger partial charge is 0.301 e. The summed E-state index contributed by atoms with van der Waals surface area (Å²) < 4.78 is 1.11. The van der Waals surface area contributed by atoms with E-state index in [-0.39, 0.29) is 5.54 Å². The highest BCUT2D eigenvalue weighted by Gasteiger charge is 2.19. The molecule has 1 aromatic carbocycles. The van der Waals surface area contributed by atoms with E-state index in [4.69, 9.17) is 0 Å². The van der Waals surface area contributed by atoms with Crippen LogP contribution in [-0.4, -0.2) is 4.98 Å². The van der Waals surface area contributed by atoms with Gasteiger partial charge in [-0.2, -0.15) is 0 Å². The quantitative estimate of drug-likeness (QED) is 0.925. The van der Waals surface area contributed by atoms with Crippen molar-refractivity contribution < 1.29 is 0 Å². The fourth-order valence-corrected chi connectivity index (χ4v) is 2.43. The van der Waals surface area contributed by atoms with Gasteiger partial charge in [0.15, 0.2) is 0 Å². The minimum atomic E-state index is -0.0492. The second kappa shape index (κ2) is 5.29. The van der Waals surface area contributed by atoms with Crippen molar-refractivity contribution in [2.75, 3.05) is 0 Å². The van der Waals surface area contributed by atoms with E-state index in [1.54, 1.807) is 11.3 Å². The maximum atomic E-state index is 4.28. The van der Waals surface area contributed by atoms with Crippen molar-refractivity contribution in [2.24, 2.45) is 0 Å². The average molecular weight is 311 g/mol. The van der Waals surface area contributed by atoms with Crippen molar-refractivity contribution in [3.63, 3.8) is 0 Å². The minimum Gasteiger partial charge on any atom is -0.301 e. The Morgan fingerprint density at radius 1 is 1.29 bits per heavy atom. The summed E-state index contributed by atoms with van der Waals surface area (Å²) in [6, 6.07) is 8.42. The van der Waals surface area contributed by atoms with Crippen LogP contribution in [0, 0.1) is 0 Å². The smallest absolute Gasteiger partial charge is 0.106 e. The molecule has 0 fully saturated rings. The maximum absolute atomic E-state index is 4.28. The van der Waals surface area contributed by atoms with Crippen LogP contribution in [0.4, 0.5) is 0 Å². The molecular formula is C13H15BrN2S. The molecule has 2 nitrogen and oxygen atoms in total. The van der Waals surface area contributed by atoms with E-state index in [1.807, 2.05) is 11.6 Å². The zero-order valence-corrected chi connectivity index (χ0v) is 12.3. The molecule has 90 valence electrons. The Morgan fingerprint density at radius 2 is 2.00 bits per heavy atom. The zero-order valence-electron chi connectivity index (χ0n) is 9.90. The van der Waals surface area contributed by atoms with Gasteiger partial charge in [-0.15, -0.1) is 11.3 Å². The van der Waals surface area contributed by atoms with Crippen LogP contribution in [-0.2, 0) is 12.1 Å². The van der Waals surface area contributed by atoms with Crippen molar-refractivity contribution >= 4 is 27.3 Å². The number of hydrogen-bond acceptors (Lipinski definition) is 3. The van der Waals surface area contributed by atoms with Gasteiger partial charge >= 0.3 is 0 Å². The highest BCUT2D eigenvalue weighted by Crippen LogP contribution is 2.22. The normalized spacial score (nSPS) is 11.7. The van der Waals surface area contributed by atoms with Gasteiger partial charge in [-0.1, -0.05) is 28.1 Å². The van der Waals surface area contributed by atoms with Crippen LogP contribution < -0.4 is 5.32 Å². The van der Waals surface area contributed by atoms with E-state index >= 15 is 0 Å². The molecule has 2 aromatic rings. The van der Waals surface area contributed by atoms with E-state index in [2.05, 4.69) is 64.3 Å². The van der Waals surface area contributed by atoms with Crippen LogP contribution in [0.15, 0.2) is 40.3 Å². The topological polar surface area (TPSA) is 24.9 Å². The summed E-state index contributed by atoms with van der Waals surface area (Å²) in [4.78, 5) is 4.28. The third kappa shape index (κ3) is 3.37. The summed E-state index contributed by atoms with van der Waals surface area (Å²) in [5.74, 6) is 0. The van der Waals surface area contributed by atoms with Crippen molar-refractivity contribution in [3.8, 4) is 0 Å². The van der Waals surface area contributed by atoms with Gasteiger partial charge in [0.2, 0.25) is 0 Å². The Balaban J connectivity index is 2.05. The molecule has 0 aliphatic heterocycles. The Hall–Kier alpha value is -0.710. The van der Waals surface area contributed by atoms with Gasteiger partial charge in [-0.25, -0.2) is 4.98 Å². The van der Waals surface area contributed by atoms with E-state index in [1.165, 1.54) is 5.56 Å². The molecule has 0 saturated heterocycles. The number of nitrogens with one attached hydrogen (secondary N) is 1. The summed E-state index contributed by atoms with van der Waals surface area (Å²) >= 11 is 5.13. The number of aromatic nitrogens is 1. The Kier molecular flexibility index (Phi) is 3.97. The zero-order chi connectivity index (χ0) is 12.3. The van der Waals surface area contributed by atoms with Crippen LogP contribution in [0.5, 0.6) is 0 Å². The minimum absolute atomic E-state index is 0.0492. The lowest BCUT2D eigenvalue weighted by Gasteiger charge is -2.26. The molecule has 2 rings (SSSR count). The van der Waals surface area contributed by atoms with E-state index in [0.29, 0.717) is 0 Å². The fourth-order valence-electron chi connectivity index (χ4n) is 1.61. The molecule has 0 aliphatic rings. The first-order valence-corrected chi connectivity index (χ1v) is 7.15. The number of thiazole rings is 1. The molecule has 4 heteroatoms. The lowest BCUT2D eigenvalue weighted by molar-refractivity contribution is 0.401. The fraction of sp³-hybridized carbons (Fsp3) is 0.308. The summed E-state index contributed by atoms with van der Waals surface area (Å²) in [7, 11) is 0. The van der Waals surface area contributed by atoms with Gasteiger partial charge in [-0.05, 0) is 31.5 Å². The number of benzene rings is 1. The van der Waals surface area contributed by atoms with Crippen LogP contribution in [0.3, 0.4) is 0 Å². The Bertz CT molecular complexity index is 463. The number of nitrogens with zero attached hydrogens (tertiary/aromatic N) is 1. The first kappa shape index (κ1) is 12.7. The molecular weight excluding hydrogens is 296 g/mol. The predicted octanol–water partition coefficient (Wildman–Crippen LogP) is 3.93. The Morgan fingerprint density at radius 3 is 2.59 bits per heavy atom. The molecule has 0 saturated carbocycles. The van der Waals surface area contributed by atoms with Gasteiger partial charge < -0.3 is 5.32 Å². The lowest BCUT2D eigenvalue weighted by atomic mass is 9.94. The average Bonchev–Trinajstić information content (AvgIpc) is 2.80. The molecule has 0 unspecified atom stereocenters. The van der Waals surface area contributed by atoms with Crippen LogP contribution in [0.25, 0.3) is 0 Å². The van der Waals surface area contributed by atoms with Crippen molar-refractivity contribution in [2.45, 2.75) is 25.9 Å². The van der Waals surface area contributed by atoms with Crippen LogP contribution in [0.1, 0.15) is 24.4 Å². The van der Waals surface area contributed by atoms with E-state index in [9.17, 15) is 0 Å². The molecule has 17 heavy (non-hydrogen) atoms. The van der Waals surface area contributed by atoms with Gasteiger partial charge in [0.05, 0.1) is 0 Å². The molecule has 1 aromatic heterocycles. The standard InChI is InChI=1S/C13H15BrN2S/c1-13(2,10-3-5-11(14)6-4-10)16-9-12-15-7-8-17-12/h3-8,16H,9H2,1-2H3. The maximum Gasteiger partial charge on any atom is 0.106 e. The van der Waals surface area contributed by atoms with Crippen LogP contribution >= 0.6 is 27.3 Å². The molecule has 0 radical (unpaired) electrons. The Labute approximate surface area is 114 Å². The summed E-state index contributed by atoms with van der Waals surface area (Å²) in [5, 5.41) is 6.65. The summed E-state index contributed by atoms with van der Waals surface area (Å²) in [5.41, 5.74) is 1.23. The van der Waals surface area contributed by atoms with Crippen molar-refractivity contribution in [1.82, 2.24) is 10.3 Å². The lowest BCUT2D eigenvalue weighted by Crippen LogP contribution is -2.35. The first-order chi connectivity index (χ1) is 8.08. The predicted molar refractivity (Wildman–Crippen MR) is 76.1 cm³/mol. The molecule has 0 amide bonds. The second-order valence-electron chi connectivity index (χ2n) is 4.41. The molecule has 1 heterocycles. The SMILES string of the molecule is CC(C)(NCc1nccs1)c1ccc(Br)cc1. The molecule has 0 aliphatic carbocycles. The van der Waals surface area contributed by atoms with Gasteiger partial charge in [0, 0.05) is 28.1 Å². The highest BCUT2D eigenvalue weighted by molar-refractivity contribution is 9.10. The van der Waals surface area contributed by atoms with E-state index in [0.717, 1.165) is 16.0 Å². The summed E-state index contributed by atoms with van der Waals surface area (Å²) in [6.07, 6.45) is 1.84. The first-order valence-electron chi connectivity index (χ1n) is 5.47. The molecule has 0 bridgehead atoms.